The Kier molecular flexibility index (Phi) is 6.37. The zero-order valence-corrected chi connectivity index (χ0v) is 13.8. The van der Waals surface area contributed by atoms with Crippen molar-refractivity contribution < 1.29 is 18.7 Å². The minimum absolute atomic E-state index is 0.0191. The number of rotatable bonds is 6. The topological polar surface area (TPSA) is 79.8 Å². The molecule has 1 aromatic rings. The molecule has 1 saturated heterocycles. The number of aliphatic imine (C=N–C) groups is 1. The van der Waals surface area contributed by atoms with Crippen molar-refractivity contribution in [2.75, 3.05) is 25.6 Å². The first-order chi connectivity index (χ1) is 11.0. The number of benzene rings is 1. The lowest BCUT2D eigenvalue weighted by Gasteiger charge is -2.08. The summed E-state index contributed by atoms with van der Waals surface area (Å²) in [6.07, 6.45) is -0.0191. The fraction of sp³-hybridized carbons (Fsp3) is 0.357. The molecule has 124 valence electrons. The van der Waals surface area contributed by atoms with E-state index in [4.69, 9.17) is 16.3 Å². The van der Waals surface area contributed by atoms with Gasteiger partial charge in [0.1, 0.15) is 11.1 Å². The maximum absolute atomic E-state index is 13.1. The number of amides is 2. The molecule has 6 nitrogen and oxygen atoms in total. The van der Waals surface area contributed by atoms with Crippen LogP contribution in [0.1, 0.15) is 6.42 Å². The van der Waals surface area contributed by atoms with Crippen molar-refractivity contribution in [1.29, 1.82) is 0 Å². The second-order valence-electron chi connectivity index (χ2n) is 4.66. The zero-order valence-electron chi connectivity index (χ0n) is 12.3. The van der Waals surface area contributed by atoms with Crippen LogP contribution in [0, 0.1) is 5.82 Å². The Morgan fingerprint density at radius 1 is 1.57 bits per heavy atom. The highest BCUT2D eigenvalue weighted by Gasteiger charge is 2.31. The lowest BCUT2D eigenvalue weighted by molar-refractivity contribution is -0.122. The number of nitrogens with one attached hydrogen (secondary N) is 2. The lowest BCUT2D eigenvalue weighted by atomic mass is 10.2. The number of hydrogen-bond donors (Lipinski definition) is 2. The molecule has 2 N–H and O–H groups in total. The van der Waals surface area contributed by atoms with E-state index in [0.29, 0.717) is 24.0 Å². The average molecular weight is 360 g/mol. The molecular formula is C14H15ClFN3O3S. The number of amidine groups is 1. The summed E-state index contributed by atoms with van der Waals surface area (Å²) >= 11 is 6.85. The van der Waals surface area contributed by atoms with Crippen LogP contribution in [0.15, 0.2) is 23.2 Å². The van der Waals surface area contributed by atoms with Crippen molar-refractivity contribution in [1.82, 2.24) is 5.32 Å². The summed E-state index contributed by atoms with van der Waals surface area (Å²) in [5.74, 6) is -1.19. The highest BCUT2D eigenvalue weighted by molar-refractivity contribution is 8.15. The largest absolute Gasteiger partial charge is 0.383 e. The number of hydrogen-bond acceptors (Lipinski definition) is 5. The van der Waals surface area contributed by atoms with E-state index < -0.39 is 11.1 Å². The minimum atomic E-state index is -0.563. The number of carbonyl (C=O) groups is 2. The van der Waals surface area contributed by atoms with Crippen LogP contribution in [0.2, 0.25) is 5.02 Å². The SMILES string of the molecule is COCCN=C1NC(=O)[C@@H](CC(=O)Nc2ccc(F)c(Cl)c2)S1. The van der Waals surface area contributed by atoms with Gasteiger partial charge < -0.3 is 15.4 Å². The third-order valence-electron chi connectivity index (χ3n) is 2.90. The molecule has 0 saturated carbocycles. The van der Waals surface area contributed by atoms with Crippen molar-refractivity contribution in [3.63, 3.8) is 0 Å². The van der Waals surface area contributed by atoms with E-state index in [1.807, 2.05) is 0 Å². The second-order valence-corrected chi connectivity index (χ2v) is 6.26. The molecule has 1 heterocycles. The van der Waals surface area contributed by atoms with Gasteiger partial charge in [0.15, 0.2) is 5.17 Å². The Labute approximate surface area is 141 Å². The molecule has 1 aliphatic heterocycles. The number of anilines is 1. The van der Waals surface area contributed by atoms with Crippen LogP contribution in [-0.2, 0) is 14.3 Å². The number of methoxy groups -OCH3 is 1. The number of nitrogens with zero attached hydrogens (tertiary/aromatic N) is 1. The second kappa shape index (κ2) is 8.28. The van der Waals surface area contributed by atoms with Gasteiger partial charge >= 0.3 is 0 Å². The summed E-state index contributed by atoms with van der Waals surface area (Å²) in [5, 5.41) is 5.05. The van der Waals surface area contributed by atoms with Crippen LogP contribution in [0.25, 0.3) is 0 Å². The monoisotopic (exact) mass is 359 g/mol. The minimum Gasteiger partial charge on any atom is -0.383 e. The first-order valence-corrected chi connectivity index (χ1v) is 8.01. The number of halogens is 2. The summed E-state index contributed by atoms with van der Waals surface area (Å²) in [6.45, 7) is 0.891. The van der Waals surface area contributed by atoms with Crippen LogP contribution < -0.4 is 10.6 Å². The number of thioether (sulfide) groups is 1. The molecule has 0 radical (unpaired) electrons. The van der Waals surface area contributed by atoms with Crippen molar-refractivity contribution in [3.8, 4) is 0 Å². The van der Waals surface area contributed by atoms with E-state index in [1.54, 1.807) is 7.11 Å². The fourth-order valence-corrected chi connectivity index (χ4v) is 2.98. The molecule has 1 aliphatic rings. The van der Waals surface area contributed by atoms with E-state index in [2.05, 4.69) is 15.6 Å². The summed E-state index contributed by atoms with van der Waals surface area (Å²) in [4.78, 5) is 27.9. The zero-order chi connectivity index (χ0) is 16.8. The summed E-state index contributed by atoms with van der Waals surface area (Å²) in [6, 6.07) is 3.88. The van der Waals surface area contributed by atoms with Crippen molar-refractivity contribution in [2.45, 2.75) is 11.7 Å². The molecule has 1 aromatic carbocycles. The van der Waals surface area contributed by atoms with Gasteiger partial charge in [-0.1, -0.05) is 23.4 Å². The molecule has 0 bridgehead atoms. The Hall–Kier alpha value is -1.64. The van der Waals surface area contributed by atoms with Gasteiger partial charge in [0.05, 0.1) is 18.2 Å². The summed E-state index contributed by atoms with van der Waals surface area (Å²) < 4.78 is 17.9. The van der Waals surface area contributed by atoms with Crippen LogP contribution in [0.5, 0.6) is 0 Å². The van der Waals surface area contributed by atoms with Gasteiger partial charge in [0, 0.05) is 19.2 Å². The molecule has 9 heteroatoms. The molecule has 0 unspecified atom stereocenters. The molecule has 23 heavy (non-hydrogen) atoms. The molecule has 2 rings (SSSR count). The van der Waals surface area contributed by atoms with Gasteiger partial charge in [-0.25, -0.2) is 4.39 Å². The van der Waals surface area contributed by atoms with E-state index in [-0.39, 0.29) is 23.3 Å². The van der Waals surface area contributed by atoms with Crippen molar-refractivity contribution in [3.05, 3.63) is 29.0 Å². The predicted octanol–water partition coefficient (Wildman–Crippen LogP) is 2.04. The Morgan fingerprint density at radius 3 is 3.04 bits per heavy atom. The van der Waals surface area contributed by atoms with Crippen LogP contribution in [0.3, 0.4) is 0 Å². The third-order valence-corrected chi connectivity index (χ3v) is 4.31. The number of carbonyl (C=O) groups excluding carboxylic acids is 2. The van der Waals surface area contributed by atoms with E-state index >= 15 is 0 Å². The maximum atomic E-state index is 13.1. The Morgan fingerprint density at radius 2 is 2.35 bits per heavy atom. The molecule has 0 spiro atoms. The van der Waals surface area contributed by atoms with Crippen LogP contribution in [0.4, 0.5) is 10.1 Å². The first-order valence-electron chi connectivity index (χ1n) is 6.75. The smallest absolute Gasteiger partial charge is 0.240 e. The molecular weight excluding hydrogens is 345 g/mol. The van der Waals surface area contributed by atoms with Gasteiger partial charge in [0.25, 0.3) is 0 Å². The Balaban J connectivity index is 1.88. The first kappa shape index (κ1) is 17.7. The van der Waals surface area contributed by atoms with Crippen molar-refractivity contribution >= 4 is 46.0 Å². The average Bonchev–Trinajstić information content (AvgIpc) is 2.83. The van der Waals surface area contributed by atoms with Crippen LogP contribution in [-0.4, -0.2) is 42.5 Å². The molecule has 0 aromatic heterocycles. The third kappa shape index (κ3) is 5.19. The molecule has 0 aliphatic carbocycles. The Bertz CT molecular complexity index is 642. The summed E-state index contributed by atoms with van der Waals surface area (Å²) in [5.41, 5.74) is 0.374. The van der Waals surface area contributed by atoms with Gasteiger partial charge in [-0.15, -0.1) is 0 Å². The quantitative estimate of drug-likeness (QED) is 0.762. The van der Waals surface area contributed by atoms with E-state index in [0.717, 1.165) is 6.07 Å². The summed E-state index contributed by atoms with van der Waals surface area (Å²) in [7, 11) is 1.56. The standard InChI is InChI=1S/C14H15ClFN3O3S/c1-22-5-4-17-14-19-13(21)11(23-14)7-12(20)18-8-2-3-10(16)9(15)6-8/h2-3,6,11H,4-5,7H2,1H3,(H,18,20)(H,17,19,21)/t11-/m1/s1. The van der Waals surface area contributed by atoms with Crippen LogP contribution >= 0.6 is 23.4 Å². The lowest BCUT2D eigenvalue weighted by Crippen LogP contribution is -2.28. The number of ether oxygens (including phenoxy) is 1. The normalized spacial score (nSPS) is 19.0. The highest BCUT2D eigenvalue weighted by atomic mass is 35.5. The van der Waals surface area contributed by atoms with E-state index in [1.165, 1.54) is 23.9 Å². The molecule has 2 amide bonds. The van der Waals surface area contributed by atoms with Gasteiger partial charge in [-0.2, -0.15) is 0 Å². The van der Waals surface area contributed by atoms with E-state index in [9.17, 15) is 14.0 Å². The van der Waals surface area contributed by atoms with Gasteiger partial charge in [-0.05, 0) is 18.2 Å². The van der Waals surface area contributed by atoms with Gasteiger partial charge in [0.2, 0.25) is 11.8 Å². The highest BCUT2D eigenvalue weighted by Crippen LogP contribution is 2.24. The predicted molar refractivity (Wildman–Crippen MR) is 88.4 cm³/mol. The molecule has 1 atom stereocenters. The molecule has 1 fully saturated rings. The van der Waals surface area contributed by atoms with Crippen molar-refractivity contribution in [2.24, 2.45) is 4.99 Å². The van der Waals surface area contributed by atoms with Gasteiger partial charge in [-0.3, -0.25) is 14.6 Å². The maximum Gasteiger partial charge on any atom is 0.240 e. The fourth-order valence-electron chi connectivity index (χ4n) is 1.81.